The van der Waals surface area contributed by atoms with Crippen molar-refractivity contribution in [2.24, 2.45) is 11.8 Å². The predicted octanol–water partition coefficient (Wildman–Crippen LogP) is 4.12. The Balaban J connectivity index is 1.56. The minimum Gasteiger partial charge on any atom is -0.368 e. The van der Waals surface area contributed by atoms with Crippen LogP contribution >= 0.6 is 0 Å². The Labute approximate surface area is 111 Å². The molecule has 0 bridgehead atoms. The largest absolute Gasteiger partial charge is 0.368 e. The summed E-state index contributed by atoms with van der Waals surface area (Å²) in [4.78, 5) is 10.6. The molecule has 104 valence electrons. The third-order valence-electron chi connectivity index (χ3n) is 4.79. The molecule has 2 aliphatic rings. The van der Waals surface area contributed by atoms with Crippen LogP contribution in [0.4, 0.5) is 0 Å². The van der Waals surface area contributed by atoms with E-state index in [2.05, 4.69) is 0 Å². The molecule has 0 aromatic rings. The molecule has 3 unspecified atom stereocenters. The summed E-state index contributed by atoms with van der Waals surface area (Å²) in [5.74, 6) is 1.89. The normalized spacial score (nSPS) is 30.7. The molecule has 0 amide bonds. The average molecular weight is 252 g/mol. The van der Waals surface area contributed by atoms with Gasteiger partial charge in [-0.1, -0.05) is 44.9 Å². The fourth-order valence-corrected chi connectivity index (χ4v) is 3.74. The molecule has 2 nitrogen and oxygen atoms in total. The molecule has 0 radical (unpaired) electrons. The van der Waals surface area contributed by atoms with Gasteiger partial charge in [-0.2, -0.15) is 0 Å². The Morgan fingerprint density at radius 1 is 1.11 bits per heavy atom. The highest BCUT2D eigenvalue weighted by molar-refractivity contribution is 5.55. The van der Waals surface area contributed by atoms with Crippen LogP contribution in [0.1, 0.15) is 71.1 Å². The lowest BCUT2D eigenvalue weighted by Gasteiger charge is -2.15. The van der Waals surface area contributed by atoms with Crippen molar-refractivity contribution in [3.05, 3.63) is 0 Å². The molecular formula is C16H28O2. The molecule has 0 heterocycles. The summed E-state index contributed by atoms with van der Waals surface area (Å²) in [7, 11) is 0. The zero-order chi connectivity index (χ0) is 12.8. The van der Waals surface area contributed by atoms with Crippen LogP contribution in [0.15, 0.2) is 0 Å². The van der Waals surface area contributed by atoms with Gasteiger partial charge >= 0.3 is 0 Å². The van der Waals surface area contributed by atoms with Gasteiger partial charge in [-0.3, -0.25) is 0 Å². The Bertz CT molecular complexity index is 245. The van der Waals surface area contributed by atoms with Crippen LogP contribution in [0.25, 0.3) is 0 Å². The standard InChI is InChI=1S/C16H28O2/c1-13(12-17)18-16-10-9-15(11-16)8-4-7-14-5-2-3-6-14/h12-16H,2-11H2,1H3. The van der Waals surface area contributed by atoms with E-state index in [0.29, 0.717) is 6.10 Å². The molecule has 0 aliphatic heterocycles. The first-order valence-electron chi connectivity index (χ1n) is 7.88. The number of hydrogen-bond acceptors (Lipinski definition) is 2. The maximum atomic E-state index is 10.6. The molecule has 18 heavy (non-hydrogen) atoms. The topological polar surface area (TPSA) is 26.3 Å². The second-order valence-electron chi connectivity index (χ2n) is 6.36. The number of carbonyl (C=O) groups excluding carboxylic acids is 1. The summed E-state index contributed by atoms with van der Waals surface area (Å²) in [6.45, 7) is 1.85. The number of rotatable bonds is 7. The van der Waals surface area contributed by atoms with E-state index in [9.17, 15) is 4.79 Å². The number of carbonyl (C=O) groups is 1. The SMILES string of the molecule is CC(C=O)OC1CCC(CCCC2CCCC2)C1. The van der Waals surface area contributed by atoms with E-state index in [0.717, 1.165) is 24.5 Å². The number of hydrogen-bond donors (Lipinski definition) is 0. The fourth-order valence-electron chi connectivity index (χ4n) is 3.74. The van der Waals surface area contributed by atoms with Crippen molar-refractivity contribution in [3.63, 3.8) is 0 Å². The lowest BCUT2D eigenvalue weighted by Crippen LogP contribution is -2.18. The Morgan fingerprint density at radius 3 is 2.56 bits per heavy atom. The van der Waals surface area contributed by atoms with Crippen molar-refractivity contribution in [2.75, 3.05) is 0 Å². The third kappa shape index (κ3) is 4.38. The van der Waals surface area contributed by atoms with Crippen molar-refractivity contribution in [3.8, 4) is 0 Å². The summed E-state index contributed by atoms with van der Waals surface area (Å²) in [6, 6.07) is 0. The van der Waals surface area contributed by atoms with Gasteiger partial charge in [0.15, 0.2) is 0 Å². The molecule has 0 aromatic carbocycles. The van der Waals surface area contributed by atoms with Crippen LogP contribution in [0.2, 0.25) is 0 Å². The average Bonchev–Trinajstić information content (AvgIpc) is 3.01. The molecule has 0 saturated heterocycles. The van der Waals surface area contributed by atoms with E-state index in [1.165, 1.54) is 57.8 Å². The van der Waals surface area contributed by atoms with Gasteiger partial charge in [-0.15, -0.1) is 0 Å². The summed E-state index contributed by atoms with van der Waals surface area (Å²) >= 11 is 0. The van der Waals surface area contributed by atoms with Crippen molar-refractivity contribution >= 4 is 6.29 Å². The summed E-state index contributed by atoms with van der Waals surface area (Å²) < 4.78 is 5.70. The van der Waals surface area contributed by atoms with Gasteiger partial charge in [0, 0.05) is 0 Å². The highest BCUT2D eigenvalue weighted by atomic mass is 16.5. The quantitative estimate of drug-likeness (QED) is 0.637. The second-order valence-corrected chi connectivity index (χ2v) is 6.36. The summed E-state index contributed by atoms with van der Waals surface area (Å²) in [5, 5.41) is 0. The zero-order valence-electron chi connectivity index (χ0n) is 11.8. The van der Waals surface area contributed by atoms with E-state index in [1.807, 2.05) is 6.92 Å². The van der Waals surface area contributed by atoms with E-state index in [-0.39, 0.29) is 6.10 Å². The van der Waals surface area contributed by atoms with Crippen LogP contribution in [0.5, 0.6) is 0 Å². The van der Waals surface area contributed by atoms with Crippen LogP contribution in [0, 0.1) is 11.8 Å². The third-order valence-corrected chi connectivity index (χ3v) is 4.79. The van der Waals surface area contributed by atoms with Crippen LogP contribution in [0.3, 0.4) is 0 Å². The fraction of sp³-hybridized carbons (Fsp3) is 0.938. The Kier molecular flexibility index (Phi) is 5.68. The molecule has 0 aromatic heterocycles. The molecular weight excluding hydrogens is 224 g/mol. The molecule has 2 aliphatic carbocycles. The van der Waals surface area contributed by atoms with Crippen LogP contribution < -0.4 is 0 Å². The van der Waals surface area contributed by atoms with Gasteiger partial charge in [0.2, 0.25) is 0 Å². The summed E-state index contributed by atoms with van der Waals surface area (Å²) in [5.41, 5.74) is 0. The van der Waals surface area contributed by atoms with E-state index in [4.69, 9.17) is 4.74 Å². The van der Waals surface area contributed by atoms with Gasteiger partial charge in [0.1, 0.15) is 12.4 Å². The smallest absolute Gasteiger partial charge is 0.148 e. The van der Waals surface area contributed by atoms with Crippen LogP contribution in [-0.4, -0.2) is 18.5 Å². The molecule has 2 fully saturated rings. The molecule has 0 spiro atoms. The van der Waals surface area contributed by atoms with E-state index < -0.39 is 0 Å². The van der Waals surface area contributed by atoms with Crippen molar-refractivity contribution in [2.45, 2.75) is 83.3 Å². The zero-order valence-corrected chi connectivity index (χ0v) is 11.8. The number of aldehydes is 1. The molecule has 3 atom stereocenters. The van der Waals surface area contributed by atoms with Crippen molar-refractivity contribution in [1.29, 1.82) is 0 Å². The Hall–Kier alpha value is -0.370. The maximum Gasteiger partial charge on any atom is 0.148 e. The highest BCUT2D eigenvalue weighted by Gasteiger charge is 2.26. The van der Waals surface area contributed by atoms with Gasteiger partial charge in [0.25, 0.3) is 0 Å². The number of ether oxygens (including phenoxy) is 1. The van der Waals surface area contributed by atoms with Crippen molar-refractivity contribution in [1.82, 2.24) is 0 Å². The highest BCUT2D eigenvalue weighted by Crippen LogP contribution is 2.34. The molecule has 2 rings (SSSR count). The predicted molar refractivity (Wildman–Crippen MR) is 73.5 cm³/mol. The van der Waals surface area contributed by atoms with Crippen molar-refractivity contribution < 1.29 is 9.53 Å². The second kappa shape index (κ2) is 7.28. The minimum atomic E-state index is -0.216. The maximum absolute atomic E-state index is 10.6. The van der Waals surface area contributed by atoms with Gasteiger partial charge in [-0.25, -0.2) is 0 Å². The first-order valence-corrected chi connectivity index (χ1v) is 7.88. The molecule has 2 heteroatoms. The monoisotopic (exact) mass is 252 g/mol. The van der Waals surface area contributed by atoms with Crippen LogP contribution in [-0.2, 0) is 9.53 Å². The van der Waals surface area contributed by atoms with E-state index >= 15 is 0 Å². The lowest BCUT2D eigenvalue weighted by atomic mass is 9.95. The first kappa shape index (κ1) is 14.0. The lowest BCUT2D eigenvalue weighted by molar-refractivity contribution is -0.120. The Morgan fingerprint density at radius 2 is 1.83 bits per heavy atom. The minimum absolute atomic E-state index is 0.216. The summed E-state index contributed by atoms with van der Waals surface area (Å²) in [6.07, 6.45) is 14.8. The van der Waals surface area contributed by atoms with E-state index in [1.54, 1.807) is 0 Å². The molecule has 0 N–H and O–H groups in total. The molecule has 2 saturated carbocycles. The van der Waals surface area contributed by atoms with Gasteiger partial charge < -0.3 is 9.53 Å². The van der Waals surface area contributed by atoms with Gasteiger partial charge in [0.05, 0.1) is 6.10 Å². The van der Waals surface area contributed by atoms with Gasteiger partial charge in [-0.05, 0) is 38.0 Å². The first-order chi connectivity index (χ1) is 8.78.